The number of hydrogen-bond acceptors (Lipinski definition) is 3. The van der Waals surface area contributed by atoms with Crippen molar-refractivity contribution in [2.75, 3.05) is 31.6 Å². The summed E-state index contributed by atoms with van der Waals surface area (Å²) >= 11 is 4.97. The van der Waals surface area contributed by atoms with E-state index in [0.717, 1.165) is 25.2 Å². The highest BCUT2D eigenvalue weighted by Gasteiger charge is 2.22. The molecule has 1 aliphatic heterocycles. The van der Waals surface area contributed by atoms with Gasteiger partial charge < -0.3 is 10.6 Å². The van der Waals surface area contributed by atoms with E-state index in [1.54, 1.807) is 0 Å². The topological polar surface area (TPSA) is 32.5 Å². The molecule has 0 aromatic heterocycles. The van der Waals surface area contributed by atoms with E-state index in [0.29, 0.717) is 11.0 Å². The van der Waals surface area contributed by atoms with Gasteiger partial charge in [0.05, 0.1) is 0 Å². The first kappa shape index (κ1) is 13.3. The van der Waals surface area contributed by atoms with Gasteiger partial charge in [0, 0.05) is 36.9 Å². The fourth-order valence-corrected chi connectivity index (χ4v) is 2.59. The number of benzene rings is 1. The van der Waals surface area contributed by atoms with Crippen molar-refractivity contribution in [3.63, 3.8) is 0 Å². The third kappa shape index (κ3) is 2.82. The van der Waals surface area contributed by atoms with Crippen LogP contribution in [0.2, 0.25) is 0 Å². The molecule has 1 fully saturated rings. The molecule has 1 aliphatic rings. The first-order chi connectivity index (χ1) is 8.61. The van der Waals surface area contributed by atoms with Gasteiger partial charge in [0.15, 0.2) is 0 Å². The lowest BCUT2D eigenvalue weighted by atomic mass is 10.1. The highest BCUT2D eigenvalue weighted by atomic mass is 32.1. The predicted molar refractivity (Wildman–Crippen MR) is 81.3 cm³/mol. The predicted octanol–water partition coefficient (Wildman–Crippen LogP) is 1.85. The van der Waals surface area contributed by atoms with Gasteiger partial charge in [0.25, 0.3) is 0 Å². The van der Waals surface area contributed by atoms with E-state index in [1.807, 2.05) is 12.1 Å². The Balaban J connectivity index is 2.09. The van der Waals surface area contributed by atoms with Gasteiger partial charge in [-0.2, -0.15) is 0 Å². The molecule has 3 nitrogen and oxygen atoms in total. The second-order valence-corrected chi connectivity index (χ2v) is 5.34. The van der Waals surface area contributed by atoms with Crippen LogP contribution in [0.5, 0.6) is 0 Å². The summed E-state index contributed by atoms with van der Waals surface area (Å²) in [5.41, 5.74) is 7.82. The molecule has 1 heterocycles. The zero-order chi connectivity index (χ0) is 13.1. The van der Waals surface area contributed by atoms with E-state index in [-0.39, 0.29) is 0 Å². The Kier molecular flexibility index (Phi) is 4.19. The highest BCUT2D eigenvalue weighted by Crippen LogP contribution is 2.20. The summed E-state index contributed by atoms with van der Waals surface area (Å²) in [7, 11) is 2.21. The Hall–Kier alpha value is -1.13. The van der Waals surface area contributed by atoms with E-state index in [4.69, 9.17) is 18.0 Å². The number of thiocarbonyl (C=S) groups is 1. The second-order valence-electron chi connectivity index (χ2n) is 4.90. The van der Waals surface area contributed by atoms with Crippen molar-refractivity contribution in [3.8, 4) is 0 Å². The smallest absolute Gasteiger partial charge is 0.103 e. The summed E-state index contributed by atoms with van der Waals surface area (Å²) in [4.78, 5) is 5.35. The highest BCUT2D eigenvalue weighted by molar-refractivity contribution is 7.80. The molecule has 1 saturated heterocycles. The molecule has 0 aliphatic carbocycles. The van der Waals surface area contributed by atoms with Crippen LogP contribution in [0.25, 0.3) is 0 Å². The Morgan fingerprint density at radius 2 is 2.00 bits per heavy atom. The van der Waals surface area contributed by atoms with Crippen LogP contribution in [-0.4, -0.2) is 42.6 Å². The second kappa shape index (κ2) is 5.67. The first-order valence-electron chi connectivity index (χ1n) is 6.47. The van der Waals surface area contributed by atoms with Gasteiger partial charge in [-0.05, 0) is 37.7 Å². The largest absolute Gasteiger partial charge is 0.389 e. The Morgan fingerprint density at radius 1 is 1.33 bits per heavy atom. The summed E-state index contributed by atoms with van der Waals surface area (Å²) in [5, 5.41) is 0. The molecule has 0 bridgehead atoms. The first-order valence-corrected chi connectivity index (χ1v) is 6.87. The maximum atomic E-state index is 5.62. The molecule has 2 N–H and O–H groups in total. The Morgan fingerprint density at radius 3 is 2.56 bits per heavy atom. The molecule has 98 valence electrons. The Labute approximate surface area is 115 Å². The standard InChI is InChI=1S/C14H21N3S/c1-3-12-10-17(9-8-16(12)2)13-6-4-11(5-7-13)14(15)18/h4-7,12H,3,8-10H2,1-2H3,(H2,15,18). The molecule has 1 atom stereocenters. The molecule has 2 rings (SSSR count). The summed E-state index contributed by atoms with van der Waals surface area (Å²) in [6.45, 7) is 5.55. The zero-order valence-electron chi connectivity index (χ0n) is 11.1. The number of piperazine rings is 1. The van der Waals surface area contributed by atoms with Crippen molar-refractivity contribution in [1.29, 1.82) is 0 Å². The van der Waals surface area contributed by atoms with Crippen LogP contribution in [0.15, 0.2) is 24.3 Å². The molecule has 1 aromatic carbocycles. The maximum Gasteiger partial charge on any atom is 0.103 e. The molecule has 0 amide bonds. The number of nitrogens with zero attached hydrogens (tertiary/aromatic N) is 2. The minimum Gasteiger partial charge on any atom is -0.389 e. The van der Waals surface area contributed by atoms with Gasteiger partial charge in [-0.1, -0.05) is 19.1 Å². The van der Waals surface area contributed by atoms with Crippen molar-refractivity contribution in [2.45, 2.75) is 19.4 Å². The molecule has 1 aromatic rings. The number of rotatable bonds is 3. The van der Waals surface area contributed by atoms with Crippen LogP contribution in [0, 0.1) is 0 Å². The normalized spacial score (nSPS) is 21.0. The lowest BCUT2D eigenvalue weighted by Crippen LogP contribution is -2.51. The molecular weight excluding hydrogens is 242 g/mol. The fraction of sp³-hybridized carbons (Fsp3) is 0.500. The van der Waals surface area contributed by atoms with Gasteiger partial charge in [0.2, 0.25) is 0 Å². The summed E-state index contributed by atoms with van der Waals surface area (Å²) in [5.74, 6) is 0. The zero-order valence-corrected chi connectivity index (χ0v) is 11.9. The SMILES string of the molecule is CCC1CN(c2ccc(C(N)=S)cc2)CCN1C. The molecule has 0 saturated carbocycles. The third-order valence-electron chi connectivity index (χ3n) is 3.77. The summed E-state index contributed by atoms with van der Waals surface area (Å²) in [6.07, 6.45) is 1.19. The maximum absolute atomic E-state index is 5.62. The van der Waals surface area contributed by atoms with E-state index in [1.165, 1.54) is 12.1 Å². The van der Waals surface area contributed by atoms with Crippen molar-refractivity contribution >= 4 is 22.9 Å². The summed E-state index contributed by atoms with van der Waals surface area (Å²) in [6, 6.07) is 8.90. The van der Waals surface area contributed by atoms with Crippen molar-refractivity contribution in [1.82, 2.24) is 4.90 Å². The average molecular weight is 263 g/mol. The van der Waals surface area contributed by atoms with Gasteiger partial charge in [-0.15, -0.1) is 0 Å². The lowest BCUT2D eigenvalue weighted by Gasteiger charge is -2.40. The van der Waals surface area contributed by atoms with Crippen LogP contribution in [0.3, 0.4) is 0 Å². The third-order valence-corrected chi connectivity index (χ3v) is 4.00. The van der Waals surface area contributed by atoms with Gasteiger partial charge in [0.1, 0.15) is 4.99 Å². The van der Waals surface area contributed by atoms with E-state index < -0.39 is 0 Å². The van der Waals surface area contributed by atoms with Crippen molar-refractivity contribution in [2.24, 2.45) is 5.73 Å². The molecule has 4 heteroatoms. The molecular formula is C14H21N3S. The number of nitrogens with two attached hydrogens (primary N) is 1. The van der Waals surface area contributed by atoms with Crippen LogP contribution in [0.1, 0.15) is 18.9 Å². The average Bonchev–Trinajstić information content (AvgIpc) is 2.39. The van der Waals surface area contributed by atoms with E-state index >= 15 is 0 Å². The van der Waals surface area contributed by atoms with Gasteiger partial charge >= 0.3 is 0 Å². The van der Waals surface area contributed by atoms with Crippen LogP contribution >= 0.6 is 12.2 Å². The van der Waals surface area contributed by atoms with Gasteiger partial charge in [-0.25, -0.2) is 0 Å². The van der Waals surface area contributed by atoms with Gasteiger partial charge in [-0.3, -0.25) is 4.90 Å². The van der Waals surface area contributed by atoms with E-state index in [2.05, 4.69) is 35.9 Å². The number of anilines is 1. The monoisotopic (exact) mass is 263 g/mol. The summed E-state index contributed by atoms with van der Waals surface area (Å²) < 4.78 is 0. The number of hydrogen-bond donors (Lipinski definition) is 1. The molecule has 1 unspecified atom stereocenters. The molecule has 0 spiro atoms. The van der Waals surface area contributed by atoms with Crippen molar-refractivity contribution in [3.05, 3.63) is 29.8 Å². The van der Waals surface area contributed by atoms with Crippen molar-refractivity contribution < 1.29 is 0 Å². The molecule has 0 radical (unpaired) electrons. The van der Waals surface area contributed by atoms with Crippen LogP contribution in [-0.2, 0) is 0 Å². The Bertz CT molecular complexity index is 416. The fourth-order valence-electron chi connectivity index (χ4n) is 2.46. The quantitative estimate of drug-likeness (QED) is 0.844. The van der Waals surface area contributed by atoms with E-state index in [9.17, 15) is 0 Å². The number of likely N-dealkylation sites (N-methyl/N-ethyl adjacent to an activating group) is 1. The minimum atomic E-state index is 0.464. The minimum absolute atomic E-state index is 0.464. The molecule has 18 heavy (non-hydrogen) atoms. The lowest BCUT2D eigenvalue weighted by molar-refractivity contribution is 0.213. The van der Waals surface area contributed by atoms with Crippen LogP contribution in [0.4, 0.5) is 5.69 Å². The van der Waals surface area contributed by atoms with Crippen LogP contribution < -0.4 is 10.6 Å².